The molecule has 1 atom stereocenters. The minimum atomic E-state index is -0.455. The maximum Gasteiger partial charge on any atom is 0.255 e. The Hall–Kier alpha value is -3.28. The van der Waals surface area contributed by atoms with Gasteiger partial charge in [0.15, 0.2) is 5.78 Å². The Kier molecular flexibility index (Phi) is 5.02. The predicted octanol–water partition coefficient (Wildman–Crippen LogP) is 4.03. The summed E-state index contributed by atoms with van der Waals surface area (Å²) in [6.45, 7) is 8.02. The molecule has 3 heterocycles. The van der Waals surface area contributed by atoms with Gasteiger partial charge in [0.05, 0.1) is 0 Å². The van der Waals surface area contributed by atoms with Gasteiger partial charge < -0.3 is 10.6 Å². The summed E-state index contributed by atoms with van der Waals surface area (Å²) in [5, 5.41) is 6.26. The van der Waals surface area contributed by atoms with E-state index in [1.807, 2.05) is 32.0 Å². The first-order valence-electron chi connectivity index (χ1n) is 10.1. The van der Waals surface area contributed by atoms with E-state index in [4.69, 9.17) is 0 Å². The van der Waals surface area contributed by atoms with Crippen molar-refractivity contribution in [3.8, 4) is 0 Å². The fourth-order valence-electron chi connectivity index (χ4n) is 4.34. The van der Waals surface area contributed by atoms with Crippen molar-refractivity contribution in [2.24, 2.45) is 5.41 Å². The van der Waals surface area contributed by atoms with Crippen LogP contribution in [0.25, 0.3) is 0 Å². The number of aromatic nitrogens is 2. The lowest BCUT2D eigenvalue weighted by atomic mass is 9.68. The van der Waals surface area contributed by atoms with E-state index in [0.29, 0.717) is 23.4 Å². The molecule has 0 unspecified atom stereocenters. The van der Waals surface area contributed by atoms with E-state index in [1.54, 1.807) is 24.7 Å². The van der Waals surface area contributed by atoms with Crippen LogP contribution in [0.4, 0.5) is 5.82 Å². The van der Waals surface area contributed by atoms with Gasteiger partial charge in [-0.15, -0.1) is 0 Å². The third-order valence-electron chi connectivity index (χ3n) is 5.66. The minimum absolute atomic E-state index is 0.0777. The third kappa shape index (κ3) is 3.77. The van der Waals surface area contributed by atoms with Crippen molar-refractivity contribution in [2.45, 2.75) is 46.5 Å². The zero-order valence-electron chi connectivity index (χ0n) is 17.7. The van der Waals surface area contributed by atoms with E-state index in [2.05, 4.69) is 34.4 Å². The highest BCUT2D eigenvalue weighted by Crippen LogP contribution is 2.46. The first-order valence-corrected chi connectivity index (χ1v) is 10.1. The van der Waals surface area contributed by atoms with Crippen LogP contribution in [-0.4, -0.2) is 21.7 Å². The van der Waals surface area contributed by atoms with Gasteiger partial charge in [0, 0.05) is 53.5 Å². The molecule has 6 nitrogen and oxygen atoms in total. The number of dihydropyridines is 1. The van der Waals surface area contributed by atoms with Gasteiger partial charge in [0.2, 0.25) is 0 Å². The molecule has 1 amide bonds. The average molecular weight is 402 g/mol. The number of carbonyl (C=O) groups excluding carboxylic acids is 2. The molecule has 0 radical (unpaired) electrons. The SMILES string of the molecule is CC1=C(C(=O)Nc2ccc(C)cn2)[C@@H](c2cccnc2)C2=C(CC(C)(C)CC2=O)N1. The van der Waals surface area contributed by atoms with Crippen LogP contribution in [-0.2, 0) is 9.59 Å². The number of rotatable bonds is 3. The van der Waals surface area contributed by atoms with E-state index >= 15 is 0 Å². The second kappa shape index (κ2) is 7.52. The largest absolute Gasteiger partial charge is 0.362 e. The highest BCUT2D eigenvalue weighted by molar-refractivity contribution is 6.09. The van der Waals surface area contributed by atoms with Gasteiger partial charge in [-0.1, -0.05) is 26.0 Å². The number of hydrogen-bond donors (Lipinski definition) is 2. The van der Waals surface area contributed by atoms with Crippen molar-refractivity contribution in [1.82, 2.24) is 15.3 Å². The van der Waals surface area contributed by atoms with Crippen LogP contribution in [0, 0.1) is 12.3 Å². The molecular formula is C24H26N4O2. The number of hydrogen-bond acceptors (Lipinski definition) is 5. The van der Waals surface area contributed by atoms with Crippen LogP contribution in [0.1, 0.15) is 50.7 Å². The number of nitrogens with zero attached hydrogens (tertiary/aromatic N) is 2. The molecule has 2 aromatic heterocycles. The highest BCUT2D eigenvalue weighted by atomic mass is 16.2. The predicted molar refractivity (Wildman–Crippen MR) is 115 cm³/mol. The molecule has 0 spiro atoms. The van der Waals surface area contributed by atoms with E-state index < -0.39 is 5.92 Å². The second-order valence-electron chi connectivity index (χ2n) is 8.89. The van der Waals surface area contributed by atoms with Crippen molar-refractivity contribution in [3.05, 3.63) is 76.5 Å². The zero-order valence-corrected chi connectivity index (χ0v) is 17.7. The van der Waals surface area contributed by atoms with Crippen molar-refractivity contribution in [3.63, 3.8) is 0 Å². The molecule has 154 valence electrons. The smallest absolute Gasteiger partial charge is 0.255 e. The van der Waals surface area contributed by atoms with Gasteiger partial charge in [0.1, 0.15) is 5.82 Å². The zero-order chi connectivity index (χ0) is 21.5. The fraction of sp³-hybridized carbons (Fsp3) is 0.333. The minimum Gasteiger partial charge on any atom is -0.362 e. The quantitative estimate of drug-likeness (QED) is 0.810. The van der Waals surface area contributed by atoms with E-state index in [9.17, 15) is 9.59 Å². The van der Waals surface area contributed by atoms with E-state index in [0.717, 1.165) is 28.9 Å². The summed E-state index contributed by atoms with van der Waals surface area (Å²) >= 11 is 0. The fourth-order valence-corrected chi connectivity index (χ4v) is 4.34. The molecule has 30 heavy (non-hydrogen) atoms. The Morgan fingerprint density at radius 2 is 1.97 bits per heavy atom. The molecule has 2 N–H and O–H groups in total. The second-order valence-corrected chi connectivity index (χ2v) is 8.89. The topological polar surface area (TPSA) is 84.0 Å². The van der Waals surface area contributed by atoms with Crippen LogP contribution in [0.3, 0.4) is 0 Å². The first kappa shape index (κ1) is 20.0. The Morgan fingerprint density at radius 1 is 1.17 bits per heavy atom. The number of amides is 1. The maximum absolute atomic E-state index is 13.4. The highest BCUT2D eigenvalue weighted by Gasteiger charge is 2.42. The summed E-state index contributed by atoms with van der Waals surface area (Å²) in [4.78, 5) is 35.1. The molecule has 2 aromatic rings. The van der Waals surface area contributed by atoms with Gasteiger partial charge in [0.25, 0.3) is 5.91 Å². The molecule has 6 heteroatoms. The van der Waals surface area contributed by atoms with Crippen molar-refractivity contribution in [1.29, 1.82) is 0 Å². The number of carbonyl (C=O) groups is 2. The Morgan fingerprint density at radius 3 is 2.63 bits per heavy atom. The number of pyridine rings is 2. The number of aryl methyl sites for hydroxylation is 1. The molecular weight excluding hydrogens is 376 g/mol. The summed E-state index contributed by atoms with van der Waals surface area (Å²) in [7, 11) is 0. The Balaban J connectivity index is 1.78. The Labute approximate surface area is 176 Å². The van der Waals surface area contributed by atoms with Crippen LogP contribution < -0.4 is 10.6 Å². The number of nitrogens with one attached hydrogen (secondary N) is 2. The number of ketones is 1. The first-order chi connectivity index (χ1) is 14.2. The summed E-state index contributed by atoms with van der Waals surface area (Å²) in [6, 6.07) is 7.43. The van der Waals surface area contributed by atoms with Gasteiger partial charge in [-0.3, -0.25) is 14.6 Å². The summed E-state index contributed by atoms with van der Waals surface area (Å²) in [5.74, 6) is -0.168. The van der Waals surface area contributed by atoms with Gasteiger partial charge >= 0.3 is 0 Å². The molecule has 0 bridgehead atoms. The van der Waals surface area contributed by atoms with Crippen LogP contribution >= 0.6 is 0 Å². The molecule has 4 rings (SSSR count). The van der Waals surface area contributed by atoms with E-state index in [-0.39, 0.29) is 17.1 Å². The van der Waals surface area contributed by atoms with Crippen molar-refractivity contribution in [2.75, 3.05) is 5.32 Å². The molecule has 0 saturated heterocycles. The number of Topliss-reactive ketones (excluding diaryl/α,β-unsaturated/α-hetero) is 1. The number of anilines is 1. The summed E-state index contributed by atoms with van der Waals surface area (Å²) in [6.07, 6.45) is 6.35. The number of allylic oxidation sites excluding steroid dienone is 3. The molecule has 0 fully saturated rings. The third-order valence-corrected chi connectivity index (χ3v) is 5.66. The molecule has 0 saturated carbocycles. The lowest BCUT2D eigenvalue weighted by molar-refractivity contribution is -0.118. The van der Waals surface area contributed by atoms with Gasteiger partial charge in [-0.05, 0) is 48.9 Å². The molecule has 2 aliphatic rings. The summed E-state index contributed by atoms with van der Waals surface area (Å²) in [5.41, 5.74) is 4.59. The van der Waals surface area contributed by atoms with Gasteiger partial charge in [-0.2, -0.15) is 0 Å². The lowest BCUT2D eigenvalue weighted by Gasteiger charge is -2.39. The van der Waals surface area contributed by atoms with Crippen molar-refractivity contribution < 1.29 is 9.59 Å². The lowest BCUT2D eigenvalue weighted by Crippen LogP contribution is -2.39. The van der Waals surface area contributed by atoms with Crippen molar-refractivity contribution >= 4 is 17.5 Å². The van der Waals surface area contributed by atoms with Crippen LogP contribution in [0.5, 0.6) is 0 Å². The van der Waals surface area contributed by atoms with E-state index in [1.165, 1.54) is 0 Å². The average Bonchev–Trinajstić information content (AvgIpc) is 2.68. The van der Waals surface area contributed by atoms with Gasteiger partial charge in [-0.25, -0.2) is 4.98 Å². The normalized spacial score (nSPS) is 20.5. The molecule has 0 aromatic carbocycles. The molecule has 1 aliphatic carbocycles. The standard InChI is InChI=1S/C24H26N4O2/c1-14-7-8-19(26-12-14)28-23(30)20-15(2)27-17-10-24(3,4)11-18(29)22(17)21(20)16-6-5-9-25-13-16/h5-9,12-13,21,27H,10-11H2,1-4H3,(H,26,28,30)/t21-/m1/s1. The van der Waals surface area contributed by atoms with Crippen LogP contribution in [0.2, 0.25) is 0 Å². The Bertz CT molecular complexity index is 1070. The summed E-state index contributed by atoms with van der Waals surface area (Å²) < 4.78 is 0. The maximum atomic E-state index is 13.4. The molecule has 1 aliphatic heterocycles. The van der Waals surface area contributed by atoms with Crippen LogP contribution in [0.15, 0.2) is 65.4 Å². The monoisotopic (exact) mass is 402 g/mol.